The molecule has 0 spiro atoms. The second-order valence-electron chi connectivity index (χ2n) is 10.1. The monoisotopic (exact) mass is 540 g/mol. The summed E-state index contributed by atoms with van der Waals surface area (Å²) in [5.41, 5.74) is 13.3. The molecule has 206 valence electrons. The van der Waals surface area contributed by atoms with Crippen LogP contribution in [0.5, 0.6) is 0 Å². The quantitative estimate of drug-likeness (QED) is 0.156. The average molecular weight is 541 g/mol. The van der Waals surface area contributed by atoms with Crippen LogP contribution in [0.2, 0.25) is 0 Å². The third kappa shape index (κ3) is 8.01. The lowest BCUT2D eigenvalue weighted by Gasteiger charge is -2.27. The van der Waals surface area contributed by atoms with Crippen LogP contribution >= 0.6 is 0 Å². The molecule has 38 heavy (non-hydrogen) atoms. The second kappa shape index (κ2) is 13.7. The SMILES string of the molecule is CC(C)[C@@H](N[C@H](CO)CCCCNC(=O)[C@@H](N)Cc1ccc2ccccc2c1)S(=O)(=O)c1ccc(N)cc1. The molecule has 9 heteroatoms. The van der Waals surface area contributed by atoms with Crippen LogP contribution in [0, 0.1) is 5.92 Å². The van der Waals surface area contributed by atoms with Crippen LogP contribution in [-0.2, 0) is 21.1 Å². The Labute approximate surface area is 225 Å². The number of benzene rings is 3. The maximum Gasteiger partial charge on any atom is 0.237 e. The number of nitrogens with one attached hydrogen (secondary N) is 2. The van der Waals surface area contributed by atoms with Gasteiger partial charge in [-0.3, -0.25) is 10.1 Å². The van der Waals surface area contributed by atoms with Crippen LogP contribution in [0.4, 0.5) is 5.69 Å². The number of anilines is 1. The summed E-state index contributed by atoms with van der Waals surface area (Å²) in [7, 11) is -3.67. The van der Waals surface area contributed by atoms with E-state index in [1.165, 1.54) is 12.1 Å². The summed E-state index contributed by atoms with van der Waals surface area (Å²) < 4.78 is 26.4. The number of rotatable bonds is 14. The lowest BCUT2D eigenvalue weighted by atomic mass is 10.0. The highest BCUT2D eigenvalue weighted by Crippen LogP contribution is 2.22. The van der Waals surface area contributed by atoms with Gasteiger partial charge in [-0.05, 0) is 65.8 Å². The van der Waals surface area contributed by atoms with E-state index in [4.69, 9.17) is 11.5 Å². The van der Waals surface area contributed by atoms with Crippen LogP contribution in [0.15, 0.2) is 71.6 Å². The number of carbonyl (C=O) groups excluding carboxylic acids is 1. The zero-order chi connectivity index (χ0) is 27.7. The Morgan fingerprint density at radius 2 is 1.66 bits per heavy atom. The molecule has 8 nitrogen and oxygen atoms in total. The summed E-state index contributed by atoms with van der Waals surface area (Å²) >= 11 is 0. The molecule has 0 saturated carbocycles. The van der Waals surface area contributed by atoms with Crippen molar-refractivity contribution < 1.29 is 18.3 Å². The molecule has 0 aliphatic rings. The highest BCUT2D eigenvalue weighted by molar-refractivity contribution is 7.92. The minimum Gasteiger partial charge on any atom is -0.399 e. The summed E-state index contributed by atoms with van der Waals surface area (Å²) in [6, 6.07) is 19.2. The maximum atomic E-state index is 13.2. The first kappa shape index (κ1) is 29.6. The molecule has 3 rings (SSSR count). The number of hydrogen-bond donors (Lipinski definition) is 5. The molecule has 0 unspecified atom stereocenters. The van der Waals surface area contributed by atoms with Crippen molar-refractivity contribution in [2.24, 2.45) is 11.7 Å². The molecule has 0 heterocycles. The number of nitrogens with two attached hydrogens (primary N) is 2. The van der Waals surface area contributed by atoms with E-state index in [0.29, 0.717) is 37.9 Å². The fraction of sp³-hybridized carbons (Fsp3) is 0.414. The van der Waals surface area contributed by atoms with E-state index in [9.17, 15) is 18.3 Å². The number of hydrogen-bond acceptors (Lipinski definition) is 7. The number of aliphatic hydroxyl groups excluding tert-OH is 1. The fourth-order valence-electron chi connectivity index (χ4n) is 4.47. The summed E-state index contributed by atoms with van der Waals surface area (Å²) in [5, 5.41) is 17.3. The van der Waals surface area contributed by atoms with Crippen molar-refractivity contribution in [3.63, 3.8) is 0 Å². The van der Waals surface area contributed by atoms with Gasteiger partial charge in [-0.1, -0.05) is 62.7 Å². The number of aliphatic hydroxyl groups is 1. The highest BCUT2D eigenvalue weighted by Gasteiger charge is 2.32. The number of amides is 1. The zero-order valence-corrected chi connectivity index (χ0v) is 23.0. The number of fused-ring (bicyclic) bond motifs is 1. The normalized spacial score (nSPS) is 14.3. The Bertz CT molecular complexity index is 1300. The molecule has 0 radical (unpaired) electrons. The van der Waals surface area contributed by atoms with Gasteiger partial charge in [-0.25, -0.2) is 8.42 Å². The van der Waals surface area contributed by atoms with E-state index in [1.807, 2.05) is 50.2 Å². The molecule has 0 aliphatic carbocycles. The topological polar surface area (TPSA) is 148 Å². The van der Waals surface area contributed by atoms with Crippen molar-refractivity contribution in [1.29, 1.82) is 0 Å². The van der Waals surface area contributed by atoms with E-state index >= 15 is 0 Å². The molecule has 7 N–H and O–H groups in total. The maximum absolute atomic E-state index is 13.2. The molecular weight excluding hydrogens is 500 g/mol. The Kier molecular flexibility index (Phi) is 10.7. The summed E-state index contributed by atoms with van der Waals surface area (Å²) in [5.74, 6) is -0.417. The van der Waals surface area contributed by atoms with Crippen molar-refractivity contribution in [3.8, 4) is 0 Å². The van der Waals surface area contributed by atoms with E-state index in [0.717, 1.165) is 16.3 Å². The van der Waals surface area contributed by atoms with Crippen molar-refractivity contribution in [3.05, 3.63) is 72.3 Å². The van der Waals surface area contributed by atoms with Gasteiger partial charge in [0.1, 0.15) is 5.37 Å². The zero-order valence-electron chi connectivity index (χ0n) is 22.1. The number of unbranched alkanes of at least 4 members (excludes halogenated alkanes) is 1. The van der Waals surface area contributed by atoms with E-state index < -0.39 is 27.3 Å². The third-order valence-electron chi connectivity index (χ3n) is 6.65. The smallest absolute Gasteiger partial charge is 0.237 e. The minimum atomic E-state index is -3.67. The summed E-state index contributed by atoms with van der Waals surface area (Å²) in [4.78, 5) is 12.7. The van der Waals surface area contributed by atoms with Gasteiger partial charge in [0.2, 0.25) is 5.91 Å². The van der Waals surface area contributed by atoms with Crippen LogP contribution < -0.4 is 22.1 Å². The lowest BCUT2D eigenvalue weighted by molar-refractivity contribution is -0.122. The third-order valence-corrected chi connectivity index (χ3v) is 8.93. The molecule has 3 atom stereocenters. The molecule has 3 aromatic carbocycles. The first-order valence-corrected chi connectivity index (χ1v) is 14.6. The molecule has 1 amide bonds. The second-order valence-corrected chi connectivity index (χ2v) is 12.2. The molecule has 0 aromatic heterocycles. The van der Waals surface area contributed by atoms with Gasteiger partial charge in [-0.2, -0.15) is 0 Å². The van der Waals surface area contributed by atoms with Crippen LogP contribution in [-0.4, -0.2) is 50.0 Å². The Morgan fingerprint density at radius 1 is 0.974 bits per heavy atom. The molecule has 0 aliphatic heterocycles. The number of sulfone groups is 1. The van der Waals surface area contributed by atoms with Gasteiger partial charge in [-0.15, -0.1) is 0 Å². The fourth-order valence-corrected chi connectivity index (χ4v) is 6.37. The van der Waals surface area contributed by atoms with Gasteiger partial charge < -0.3 is 21.9 Å². The Hall–Kier alpha value is -2.98. The van der Waals surface area contributed by atoms with Crippen molar-refractivity contribution in [1.82, 2.24) is 10.6 Å². The molecular formula is C29H40N4O4S. The van der Waals surface area contributed by atoms with Crippen molar-refractivity contribution in [2.75, 3.05) is 18.9 Å². The van der Waals surface area contributed by atoms with Gasteiger partial charge in [0.05, 0.1) is 17.5 Å². The first-order chi connectivity index (χ1) is 18.1. The summed E-state index contributed by atoms with van der Waals surface area (Å²) in [6.45, 7) is 3.93. The molecule has 0 saturated heterocycles. The predicted octanol–water partition coefficient (Wildman–Crippen LogP) is 2.98. The van der Waals surface area contributed by atoms with Gasteiger partial charge >= 0.3 is 0 Å². The molecule has 0 bridgehead atoms. The van der Waals surface area contributed by atoms with Crippen LogP contribution in [0.1, 0.15) is 38.7 Å². The number of carbonyl (C=O) groups is 1. The standard InChI is InChI=1S/C29H40N4O4S/c1-20(2)29(38(36,37)26-14-12-24(30)13-15-26)33-25(19-34)9-5-6-16-32-28(35)27(31)18-21-10-11-22-7-3-4-8-23(22)17-21/h3-4,7-8,10-15,17,20,25,27,29,33-34H,5-6,9,16,18-19,30-31H2,1-2H3,(H,32,35)/t25-,27-,29-/m0/s1. The van der Waals surface area contributed by atoms with Gasteiger partial charge in [0.25, 0.3) is 0 Å². The molecule has 0 fully saturated rings. The van der Waals surface area contributed by atoms with Crippen molar-refractivity contribution in [2.45, 2.75) is 61.9 Å². The van der Waals surface area contributed by atoms with E-state index in [1.54, 1.807) is 12.1 Å². The largest absolute Gasteiger partial charge is 0.399 e. The number of nitrogen functional groups attached to an aromatic ring is 1. The van der Waals surface area contributed by atoms with E-state index in [2.05, 4.69) is 16.7 Å². The molecule has 3 aromatic rings. The van der Waals surface area contributed by atoms with Gasteiger partial charge in [0, 0.05) is 18.3 Å². The van der Waals surface area contributed by atoms with Crippen molar-refractivity contribution >= 4 is 32.2 Å². The Balaban J connectivity index is 1.45. The first-order valence-electron chi connectivity index (χ1n) is 13.1. The van der Waals surface area contributed by atoms with Crippen LogP contribution in [0.3, 0.4) is 0 Å². The van der Waals surface area contributed by atoms with E-state index in [-0.39, 0.29) is 23.3 Å². The van der Waals surface area contributed by atoms with Gasteiger partial charge in [0.15, 0.2) is 9.84 Å². The average Bonchev–Trinajstić information content (AvgIpc) is 2.89. The Morgan fingerprint density at radius 3 is 2.32 bits per heavy atom. The summed E-state index contributed by atoms with van der Waals surface area (Å²) in [6.07, 6.45) is 2.40. The predicted molar refractivity (Wildman–Crippen MR) is 153 cm³/mol. The van der Waals surface area contributed by atoms with Crippen LogP contribution in [0.25, 0.3) is 10.8 Å². The highest BCUT2D eigenvalue weighted by atomic mass is 32.2. The minimum absolute atomic E-state index is 0.191. The lowest BCUT2D eigenvalue weighted by Crippen LogP contribution is -2.48.